The highest BCUT2D eigenvalue weighted by Gasteiger charge is 2.13. The summed E-state index contributed by atoms with van der Waals surface area (Å²) in [7, 11) is 1.55. The van der Waals surface area contributed by atoms with Crippen LogP contribution in [0, 0.1) is 5.82 Å². The molecule has 0 unspecified atom stereocenters. The summed E-state index contributed by atoms with van der Waals surface area (Å²) in [5.41, 5.74) is 2.07. The maximum absolute atomic E-state index is 14.1. The first-order valence-electron chi connectivity index (χ1n) is 7.43. The molecule has 0 saturated carbocycles. The fourth-order valence-electron chi connectivity index (χ4n) is 2.22. The van der Waals surface area contributed by atoms with E-state index in [-0.39, 0.29) is 18.9 Å². The Hall–Kier alpha value is -2.07. The maximum atomic E-state index is 14.1. The number of likely N-dealkylation sites (N-methyl/N-ethyl adjacent to an activating group) is 1. The molecule has 0 radical (unpaired) electrons. The Balaban J connectivity index is 2.18. The number of ether oxygens (including phenoxy) is 1. The SMILES string of the molecule is CCc1ccc(OCc2c(F)cccc2CC(=O)NC)c(Cl)c1. The Kier molecular flexibility index (Phi) is 5.99. The number of amides is 1. The van der Waals surface area contributed by atoms with Gasteiger partial charge in [-0.1, -0.05) is 36.7 Å². The molecule has 23 heavy (non-hydrogen) atoms. The number of aryl methyl sites for hydroxylation is 1. The number of hydrogen-bond acceptors (Lipinski definition) is 2. The van der Waals surface area contributed by atoms with E-state index in [1.807, 2.05) is 19.1 Å². The molecule has 0 aliphatic heterocycles. The van der Waals surface area contributed by atoms with E-state index in [9.17, 15) is 9.18 Å². The number of nitrogens with one attached hydrogen (secondary N) is 1. The van der Waals surface area contributed by atoms with E-state index in [1.54, 1.807) is 25.2 Å². The fourth-order valence-corrected chi connectivity index (χ4v) is 2.48. The monoisotopic (exact) mass is 335 g/mol. The van der Waals surface area contributed by atoms with Crippen molar-refractivity contribution in [3.8, 4) is 5.75 Å². The van der Waals surface area contributed by atoms with Crippen molar-refractivity contribution in [2.24, 2.45) is 0 Å². The van der Waals surface area contributed by atoms with Gasteiger partial charge in [0.25, 0.3) is 0 Å². The predicted octanol–water partition coefficient (Wildman–Crippen LogP) is 3.91. The third kappa shape index (κ3) is 4.45. The lowest BCUT2D eigenvalue weighted by atomic mass is 10.0. The Morgan fingerprint density at radius 1 is 1.30 bits per heavy atom. The van der Waals surface area contributed by atoms with Crippen LogP contribution in [0.3, 0.4) is 0 Å². The van der Waals surface area contributed by atoms with Gasteiger partial charge in [0.05, 0.1) is 11.4 Å². The van der Waals surface area contributed by atoms with Crippen LogP contribution in [-0.2, 0) is 24.2 Å². The summed E-state index contributed by atoms with van der Waals surface area (Å²) < 4.78 is 19.7. The number of benzene rings is 2. The second-order valence-corrected chi connectivity index (χ2v) is 5.54. The van der Waals surface area contributed by atoms with Gasteiger partial charge in [-0.25, -0.2) is 4.39 Å². The standard InChI is InChI=1S/C18H19ClFNO2/c1-3-12-7-8-17(15(19)9-12)23-11-14-13(10-18(22)21-2)5-4-6-16(14)20/h4-9H,3,10-11H2,1-2H3,(H,21,22). The van der Waals surface area contributed by atoms with Crippen LogP contribution in [0.1, 0.15) is 23.6 Å². The molecule has 0 saturated heterocycles. The minimum atomic E-state index is -0.396. The second kappa shape index (κ2) is 7.97. The molecule has 0 bridgehead atoms. The summed E-state index contributed by atoms with van der Waals surface area (Å²) in [6.07, 6.45) is 0.985. The molecule has 3 nitrogen and oxygen atoms in total. The molecule has 1 amide bonds. The van der Waals surface area contributed by atoms with E-state index in [4.69, 9.17) is 16.3 Å². The van der Waals surface area contributed by atoms with Gasteiger partial charge in [0.2, 0.25) is 5.91 Å². The molecule has 2 aromatic carbocycles. The smallest absolute Gasteiger partial charge is 0.224 e. The minimum Gasteiger partial charge on any atom is -0.487 e. The van der Waals surface area contributed by atoms with Crippen molar-refractivity contribution < 1.29 is 13.9 Å². The third-order valence-corrected chi connectivity index (χ3v) is 3.92. The lowest BCUT2D eigenvalue weighted by Gasteiger charge is -2.13. The van der Waals surface area contributed by atoms with E-state index in [1.165, 1.54) is 6.07 Å². The summed E-state index contributed by atoms with van der Waals surface area (Å²) in [5, 5.41) is 3.03. The molecular formula is C18H19ClFNO2. The Morgan fingerprint density at radius 2 is 2.09 bits per heavy atom. The topological polar surface area (TPSA) is 38.3 Å². The quantitative estimate of drug-likeness (QED) is 0.869. The first-order chi connectivity index (χ1) is 11.0. The molecule has 0 fully saturated rings. The van der Waals surface area contributed by atoms with Crippen molar-refractivity contribution in [1.29, 1.82) is 0 Å². The predicted molar refractivity (Wildman–Crippen MR) is 89.3 cm³/mol. The molecule has 0 spiro atoms. The van der Waals surface area contributed by atoms with Gasteiger partial charge >= 0.3 is 0 Å². The number of hydrogen-bond donors (Lipinski definition) is 1. The summed E-state index contributed by atoms with van der Waals surface area (Å²) >= 11 is 6.18. The molecule has 0 aliphatic carbocycles. The highest BCUT2D eigenvalue weighted by atomic mass is 35.5. The summed E-state index contributed by atoms with van der Waals surface area (Å²) in [5.74, 6) is -0.0760. The van der Waals surface area contributed by atoms with Crippen molar-refractivity contribution in [3.05, 3.63) is 63.9 Å². The highest BCUT2D eigenvalue weighted by Crippen LogP contribution is 2.27. The first-order valence-corrected chi connectivity index (χ1v) is 7.81. The van der Waals surface area contributed by atoms with Crippen LogP contribution in [-0.4, -0.2) is 13.0 Å². The van der Waals surface area contributed by atoms with Gasteiger partial charge in [-0.05, 0) is 35.7 Å². The zero-order valence-electron chi connectivity index (χ0n) is 13.2. The van der Waals surface area contributed by atoms with Crippen LogP contribution < -0.4 is 10.1 Å². The van der Waals surface area contributed by atoms with E-state index in [2.05, 4.69) is 5.32 Å². The fraction of sp³-hybridized carbons (Fsp3) is 0.278. The lowest BCUT2D eigenvalue weighted by Crippen LogP contribution is -2.21. The van der Waals surface area contributed by atoms with Crippen LogP contribution in [0.5, 0.6) is 5.75 Å². The van der Waals surface area contributed by atoms with Crippen molar-refractivity contribution in [3.63, 3.8) is 0 Å². The second-order valence-electron chi connectivity index (χ2n) is 5.13. The van der Waals surface area contributed by atoms with Gasteiger partial charge in [0, 0.05) is 12.6 Å². The summed E-state index contributed by atoms with van der Waals surface area (Å²) in [4.78, 5) is 11.5. The highest BCUT2D eigenvalue weighted by molar-refractivity contribution is 6.32. The molecule has 0 aliphatic rings. The molecule has 0 aromatic heterocycles. The minimum absolute atomic E-state index is 0.0180. The lowest BCUT2D eigenvalue weighted by molar-refractivity contribution is -0.119. The molecule has 0 atom stereocenters. The number of carbonyl (C=O) groups is 1. The van der Waals surface area contributed by atoms with Gasteiger partial charge in [0.15, 0.2) is 0 Å². The molecule has 122 valence electrons. The van der Waals surface area contributed by atoms with E-state index in [0.717, 1.165) is 12.0 Å². The van der Waals surface area contributed by atoms with Crippen LogP contribution in [0.25, 0.3) is 0 Å². The van der Waals surface area contributed by atoms with Gasteiger partial charge in [-0.3, -0.25) is 4.79 Å². The molecule has 2 aromatic rings. The van der Waals surface area contributed by atoms with Crippen LogP contribution >= 0.6 is 11.6 Å². The van der Waals surface area contributed by atoms with Gasteiger partial charge in [-0.2, -0.15) is 0 Å². The third-order valence-electron chi connectivity index (χ3n) is 3.62. The van der Waals surface area contributed by atoms with Crippen molar-refractivity contribution in [2.75, 3.05) is 7.05 Å². The zero-order valence-corrected chi connectivity index (χ0v) is 13.9. The van der Waals surface area contributed by atoms with E-state index < -0.39 is 5.82 Å². The molecular weight excluding hydrogens is 317 g/mol. The molecule has 1 N–H and O–H groups in total. The van der Waals surface area contributed by atoms with E-state index in [0.29, 0.717) is 21.9 Å². The number of rotatable bonds is 6. The maximum Gasteiger partial charge on any atom is 0.224 e. The molecule has 5 heteroatoms. The largest absolute Gasteiger partial charge is 0.487 e. The van der Waals surface area contributed by atoms with Crippen molar-refractivity contribution >= 4 is 17.5 Å². The summed E-state index contributed by atoms with van der Waals surface area (Å²) in [6.45, 7) is 2.06. The van der Waals surface area contributed by atoms with Crippen LogP contribution in [0.4, 0.5) is 4.39 Å². The van der Waals surface area contributed by atoms with Gasteiger partial charge < -0.3 is 10.1 Å². The van der Waals surface area contributed by atoms with Crippen molar-refractivity contribution in [1.82, 2.24) is 5.32 Å². The first kappa shape index (κ1) is 17.3. The normalized spacial score (nSPS) is 10.4. The Labute approximate surface area is 140 Å². The van der Waals surface area contributed by atoms with Gasteiger partial charge in [0.1, 0.15) is 18.2 Å². The number of halogens is 2. The zero-order chi connectivity index (χ0) is 16.8. The van der Waals surface area contributed by atoms with E-state index >= 15 is 0 Å². The van der Waals surface area contributed by atoms with Crippen LogP contribution in [0.15, 0.2) is 36.4 Å². The Morgan fingerprint density at radius 3 is 2.74 bits per heavy atom. The van der Waals surface area contributed by atoms with Crippen molar-refractivity contribution in [2.45, 2.75) is 26.4 Å². The van der Waals surface area contributed by atoms with Crippen LogP contribution in [0.2, 0.25) is 5.02 Å². The van der Waals surface area contributed by atoms with Gasteiger partial charge in [-0.15, -0.1) is 0 Å². The number of carbonyl (C=O) groups excluding carboxylic acids is 1. The average Bonchev–Trinajstić information content (AvgIpc) is 2.55. The Bertz CT molecular complexity index is 703. The molecule has 2 rings (SSSR count). The summed E-state index contributed by atoms with van der Waals surface area (Å²) in [6, 6.07) is 10.2. The molecule has 0 heterocycles. The average molecular weight is 336 g/mol.